The normalized spacial score (nSPS) is 20.0. The lowest BCUT2D eigenvalue weighted by Gasteiger charge is -2.29. The SMILES string of the molecule is Cc1cnc(C2CCCN2C(=O)C2(c3ccccc3)CC2)n1Cc1ccncc1. The molecular weight excluding hydrogens is 360 g/mol. The summed E-state index contributed by atoms with van der Waals surface area (Å²) in [6.45, 7) is 3.66. The smallest absolute Gasteiger partial charge is 0.233 e. The average Bonchev–Trinajstić information content (AvgIpc) is 3.31. The number of hydrogen-bond donors (Lipinski definition) is 0. The van der Waals surface area contributed by atoms with Crippen LogP contribution >= 0.6 is 0 Å². The molecule has 0 radical (unpaired) electrons. The van der Waals surface area contributed by atoms with Crippen molar-refractivity contribution in [2.75, 3.05) is 6.54 Å². The van der Waals surface area contributed by atoms with Gasteiger partial charge in [-0.05, 0) is 55.9 Å². The van der Waals surface area contributed by atoms with E-state index in [2.05, 4.69) is 33.5 Å². The highest BCUT2D eigenvalue weighted by atomic mass is 16.2. The fraction of sp³-hybridized carbons (Fsp3) is 0.375. The van der Waals surface area contributed by atoms with Gasteiger partial charge in [0.25, 0.3) is 0 Å². The molecule has 5 rings (SSSR count). The molecule has 5 nitrogen and oxygen atoms in total. The summed E-state index contributed by atoms with van der Waals surface area (Å²) in [5, 5.41) is 0. The summed E-state index contributed by atoms with van der Waals surface area (Å²) in [7, 11) is 0. The Hall–Kier alpha value is -2.95. The number of carbonyl (C=O) groups excluding carboxylic acids is 1. The predicted octanol–water partition coefficient (Wildman–Crippen LogP) is 4.03. The summed E-state index contributed by atoms with van der Waals surface area (Å²) >= 11 is 0. The fourth-order valence-electron chi connectivity index (χ4n) is 4.68. The van der Waals surface area contributed by atoms with Gasteiger partial charge in [0, 0.05) is 37.4 Å². The van der Waals surface area contributed by atoms with Crippen LogP contribution in [0.15, 0.2) is 61.1 Å². The molecule has 1 unspecified atom stereocenters. The van der Waals surface area contributed by atoms with E-state index in [0.29, 0.717) is 0 Å². The Bertz CT molecular complexity index is 1010. The molecule has 29 heavy (non-hydrogen) atoms. The molecule has 2 aliphatic rings. The highest BCUT2D eigenvalue weighted by Crippen LogP contribution is 2.51. The van der Waals surface area contributed by atoms with Crippen LogP contribution in [0.5, 0.6) is 0 Å². The van der Waals surface area contributed by atoms with Crippen LogP contribution in [-0.2, 0) is 16.8 Å². The van der Waals surface area contributed by atoms with Crippen molar-refractivity contribution in [3.8, 4) is 0 Å². The second-order valence-electron chi connectivity index (χ2n) is 8.30. The van der Waals surface area contributed by atoms with Crippen LogP contribution in [-0.4, -0.2) is 31.9 Å². The van der Waals surface area contributed by atoms with E-state index < -0.39 is 0 Å². The Morgan fingerprint density at radius 1 is 1.14 bits per heavy atom. The molecular formula is C24H26N4O. The van der Waals surface area contributed by atoms with E-state index in [9.17, 15) is 4.79 Å². The Labute approximate surface area is 171 Å². The standard InChI is InChI=1S/C24H26N4O/c1-18-16-26-22(28(18)17-19-9-13-25-14-10-19)21-8-5-15-27(21)23(29)24(11-12-24)20-6-3-2-4-7-20/h2-4,6-7,9-10,13-14,16,21H,5,8,11-12,15,17H2,1H3. The van der Waals surface area contributed by atoms with Gasteiger partial charge in [-0.3, -0.25) is 9.78 Å². The minimum Gasteiger partial charge on any atom is -0.332 e. The molecule has 1 saturated heterocycles. The zero-order chi connectivity index (χ0) is 19.8. The van der Waals surface area contributed by atoms with Gasteiger partial charge in [0.15, 0.2) is 0 Å². The van der Waals surface area contributed by atoms with E-state index in [1.165, 1.54) is 5.56 Å². The predicted molar refractivity (Wildman–Crippen MR) is 111 cm³/mol. The first-order chi connectivity index (χ1) is 14.2. The van der Waals surface area contributed by atoms with Crippen molar-refractivity contribution in [1.82, 2.24) is 19.4 Å². The number of aromatic nitrogens is 3. The van der Waals surface area contributed by atoms with E-state index in [1.807, 2.05) is 48.9 Å². The van der Waals surface area contributed by atoms with Crippen LogP contribution in [0.1, 0.15) is 54.4 Å². The van der Waals surface area contributed by atoms with Gasteiger partial charge in [0.2, 0.25) is 5.91 Å². The monoisotopic (exact) mass is 386 g/mol. The lowest BCUT2D eigenvalue weighted by molar-refractivity contribution is -0.135. The minimum absolute atomic E-state index is 0.0548. The molecule has 148 valence electrons. The largest absolute Gasteiger partial charge is 0.332 e. The van der Waals surface area contributed by atoms with Crippen LogP contribution in [0, 0.1) is 6.92 Å². The van der Waals surface area contributed by atoms with E-state index in [1.54, 1.807) is 0 Å². The van der Waals surface area contributed by atoms with Crippen LogP contribution < -0.4 is 0 Å². The van der Waals surface area contributed by atoms with E-state index in [4.69, 9.17) is 4.98 Å². The van der Waals surface area contributed by atoms with E-state index in [-0.39, 0.29) is 17.4 Å². The minimum atomic E-state index is -0.318. The Morgan fingerprint density at radius 2 is 1.90 bits per heavy atom. The third-order valence-corrected chi connectivity index (χ3v) is 6.47. The maximum Gasteiger partial charge on any atom is 0.233 e. The zero-order valence-corrected chi connectivity index (χ0v) is 16.8. The first kappa shape index (κ1) is 18.1. The Morgan fingerprint density at radius 3 is 2.62 bits per heavy atom. The second-order valence-corrected chi connectivity index (χ2v) is 8.30. The van der Waals surface area contributed by atoms with Crippen molar-refractivity contribution in [3.63, 3.8) is 0 Å². The molecule has 3 aromatic rings. The van der Waals surface area contributed by atoms with Crippen molar-refractivity contribution in [2.45, 2.75) is 50.6 Å². The number of rotatable bonds is 5. The third-order valence-electron chi connectivity index (χ3n) is 6.47. The van der Waals surface area contributed by atoms with E-state index >= 15 is 0 Å². The third kappa shape index (κ3) is 3.15. The van der Waals surface area contributed by atoms with Gasteiger partial charge >= 0.3 is 0 Å². The molecule has 1 aliphatic heterocycles. The van der Waals surface area contributed by atoms with Crippen molar-refractivity contribution in [1.29, 1.82) is 0 Å². The Balaban J connectivity index is 1.44. The Kier molecular flexibility index (Phi) is 4.46. The van der Waals surface area contributed by atoms with Crippen LogP contribution in [0.25, 0.3) is 0 Å². The summed E-state index contributed by atoms with van der Waals surface area (Å²) in [5.74, 6) is 1.29. The first-order valence-electron chi connectivity index (χ1n) is 10.5. The quantitative estimate of drug-likeness (QED) is 0.665. The number of carbonyl (C=O) groups is 1. The maximum atomic E-state index is 13.7. The van der Waals surface area contributed by atoms with Crippen molar-refractivity contribution in [2.24, 2.45) is 0 Å². The van der Waals surface area contributed by atoms with Crippen LogP contribution in [0.2, 0.25) is 0 Å². The highest BCUT2D eigenvalue weighted by Gasteiger charge is 2.54. The number of likely N-dealkylation sites (tertiary alicyclic amines) is 1. The number of benzene rings is 1. The molecule has 1 amide bonds. The van der Waals surface area contributed by atoms with Gasteiger partial charge in [-0.2, -0.15) is 0 Å². The average molecular weight is 386 g/mol. The van der Waals surface area contributed by atoms with Gasteiger partial charge in [-0.15, -0.1) is 0 Å². The molecule has 5 heteroatoms. The maximum absolute atomic E-state index is 13.7. The number of pyridine rings is 1. The number of hydrogen-bond acceptors (Lipinski definition) is 3. The fourth-order valence-corrected chi connectivity index (χ4v) is 4.68. The summed E-state index contributed by atoms with van der Waals surface area (Å²) in [6.07, 6.45) is 9.48. The first-order valence-corrected chi connectivity index (χ1v) is 10.5. The molecule has 1 aromatic carbocycles. The summed E-state index contributed by atoms with van der Waals surface area (Å²) in [4.78, 5) is 24.6. The molecule has 1 atom stereocenters. The molecule has 2 fully saturated rings. The van der Waals surface area contributed by atoms with Gasteiger partial charge in [-0.25, -0.2) is 4.98 Å². The van der Waals surface area contributed by atoms with Gasteiger partial charge in [0.1, 0.15) is 5.82 Å². The van der Waals surface area contributed by atoms with Crippen molar-refractivity contribution >= 4 is 5.91 Å². The molecule has 3 heterocycles. The molecule has 1 aliphatic carbocycles. The van der Waals surface area contributed by atoms with Gasteiger partial charge in [0.05, 0.1) is 11.5 Å². The highest BCUT2D eigenvalue weighted by molar-refractivity contribution is 5.91. The second kappa shape index (κ2) is 7.14. The van der Waals surface area contributed by atoms with Crippen LogP contribution in [0.3, 0.4) is 0 Å². The summed E-state index contributed by atoms with van der Waals surface area (Å²) < 4.78 is 2.26. The zero-order valence-electron chi connectivity index (χ0n) is 16.8. The number of amides is 1. The van der Waals surface area contributed by atoms with Gasteiger partial charge < -0.3 is 9.47 Å². The molecule has 2 aromatic heterocycles. The topological polar surface area (TPSA) is 51.0 Å². The number of imidazole rings is 1. The molecule has 0 spiro atoms. The summed E-state index contributed by atoms with van der Waals surface area (Å²) in [5.41, 5.74) is 3.16. The van der Waals surface area contributed by atoms with Gasteiger partial charge in [-0.1, -0.05) is 30.3 Å². The van der Waals surface area contributed by atoms with Crippen molar-refractivity contribution in [3.05, 3.63) is 83.7 Å². The molecule has 0 bridgehead atoms. The van der Waals surface area contributed by atoms with E-state index in [0.717, 1.165) is 55.9 Å². The van der Waals surface area contributed by atoms with Crippen molar-refractivity contribution < 1.29 is 4.79 Å². The molecule has 0 N–H and O–H groups in total. The number of nitrogens with zero attached hydrogens (tertiary/aromatic N) is 4. The lowest BCUT2D eigenvalue weighted by Crippen LogP contribution is -2.39. The lowest BCUT2D eigenvalue weighted by atomic mass is 9.94. The van der Waals surface area contributed by atoms with Crippen LogP contribution in [0.4, 0.5) is 0 Å². The summed E-state index contributed by atoms with van der Waals surface area (Å²) in [6, 6.07) is 14.4. The number of aryl methyl sites for hydroxylation is 1. The molecule has 1 saturated carbocycles.